The van der Waals surface area contributed by atoms with Crippen molar-refractivity contribution in [3.8, 4) is 0 Å². The van der Waals surface area contributed by atoms with Gasteiger partial charge in [-0.25, -0.2) is 8.42 Å². The van der Waals surface area contributed by atoms with E-state index in [0.717, 1.165) is 49.8 Å². The van der Waals surface area contributed by atoms with Gasteiger partial charge >= 0.3 is 6.18 Å². The third kappa shape index (κ3) is 5.75. The van der Waals surface area contributed by atoms with Crippen molar-refractivity contribution in [2.24, 2.45) is 5.92 Å². The van der Waals surface area contributed by atoms with Crippen LogP contribution in [0.1, 0.15) is 30.9 Å². The van der Waals surface area contributed by atoms with Gasteiger partial charge in [0.25, 0.3) is 0 Å². The van der Waals surface area contributed by atoms with E-state index in [-0.39, 0.29) is 18.8 Å². The molecule has 0 saturated carbocycles. The van der Waals surface area contributed by atoms with Gasteiger partial charge in [0.15, 0.2) is 11.6 Å². The Hall–Kier alpha value is -2.40. The molecule has 0 spiro atoms. The molecule has 1 aromatic heterocycles. The maximum atomic E-state index is 12.8. The summed E-state index contributed by atoms with van der Waals surface area (Å²) >= 11 is 0. The molecule has 2 aliphatic heterocycles. The first kappa shape index (κ1) is 23.7. The standard InChI is InChI=1S/C22H28F3N5O2S/c1-17-8-10-28(11-9-17)20-6-7-21(27-26-20)29-12-14-30(15-13-29)33(31,32)16-18-2-4-19(5-3-18)22(23,24)25/h2-7,17H,8-16H2,1H3. The van der Waals surface area contributed by atoms with Crippen molar-refractivity contribution in [3.63, 3.8) is 0 Å². The molecule has 0 atom stereocenters. The maximum absolute atomic E-state index is 12.8. The van der Waals surface area contributed by atoms with Gasteiger partial charge in [-0.1, -0.05) is 19.1 Å². The molecule has 7 nitrogen and oxygen atoms in total. The van der Waals surface area contributed by atoms with Gasteiger partial charge in [-0.3, -0.25) is 0 Å². The lowest BCUT2D eigenvalue weighted by Gasteiger charge is -2.35. The highest BCUT2D eigenvalue weighted by Gasteiger charge is 2.31. The summed E-state index contributed by atoms with van der Waals surface area (Å²) in [6.07, 6.45) is -2.15. The lowest BCUT2D eigenvalue weighted by Crippen LogP contribution is -2.49. The van der Waals surface area contributed by atoms with Gasteiger partial charge in [0, 0.05) is 39.3 Å². The van der Waals surface area contributed by atoms with Gasteiger partial charge in [-0.2, -0.15) is 17.5 Å². The molecule has 0 radical (unpaired) electrons. The predicted molar refractivity (Wildman–Crippen MR) is 120 cm³/mol. The van der Waals surface area contributed by atoms with Gasteiger partial charge in [-0.05, 0) is 48.6 Å². The number of sulfonamides is 1. The summed E-state index contributed by atoms with van der Waals surface area (Å²) in [4.78, 5) is 4.24. The van der Waals surface area contributed by atoms with Gasteiger partial charge in [0.2, 0.25) is 10.0 Å². The highest BCUT2D eigenvalue weighted by Crippen LogP contribution is 2.29. The minimum absolute atomic E-state index is 0.288. The van der Waals surface area contributed by atoms with Crippen molar-refractivity contribution >= 4 is 21.7 Å². The fourth-order valence-corrected chi connectivity index (χ4v) is 5.70. The minimum atomic E-state index is -4.44. The second-order valence-corrected chi connectivity index (χ2v) is 10.7. The maximum Gasteiger partial charge on any atom is 0.416 e. The SMILES string of the molecule is CC1CCN(c2ccc(N3CCN(S(=O)(=O)Cc4ccc(C(F)(F)F)cc4)CC3)nn2)CC1. The number of benzene rings is 1. The number of alkyl halides is 3. The van der Waals surface area contributed by atoms with Crippen molar-refractivity contribution < 1.29 is 21.6 Å². The normalized spacial score (nSPS) is 19.2. The summed E-state index contributed by atoms with van der Waals surface area (Å²) in [6.45, 7) is 5.74. The average Bonchev–Trinajstić information content (AvgIpc) is 2.79. The first-order valence-electron chi connectivity index (χ1n) is 11.1. The Labute approximate surface area is 192 Å². The quantitative estimate of drug-likeness (QED) is 0.650. The van der Waals surface area contributed by atoms with E-state index in [9.17, 15) is 21.6 Å². The largest absolute Gasteiger partial charge is 0.416 e. The zero-order valence-corrected chi connectivity index (χ0v) is 19.3. The van der Waals surface area contributed by atoms with E-state index >= 15 is 0 Å². The van der Waals surface area contributed by atoms with Crippen molar-refractivity contribution in [1.29, 1.82) is 0 Å². The molecule has 2 fully saturated rings. The highest BCUT2D eigenvalue weighted by atomic mass is 32.2. The molecule has 33 heavy (non-hydrogen) atoms. The van der Waals surface area contributed by atoms with Gasteiger partial charge < -0.3 is 9.80 Å². The topological polar surface area (TPSA) is 69.6 Å². The Bertz CT molecular complexity index is 1030. The fraction of sp³-hybridized carbons (Fsp3) is 0.545. The van der Waals surface area contributed by atoms with Crippen molar-refractivity contribution in [2.45, 2.75) is 31.7 Å². The smallest absolute Gasteiger partial charge is 0.355 e. The minimum Gasteiger partial charge on any atom is -0.355 e. The van der Waals surface area contributed by atoms with Crippen LogP contribution in [0.25, 0.3) is 0 Å². The second kappa shape index (κ2) is 9.46. The van der Waals surface area contributed by atoms with E-state index in [1.165, 1.54) is 16.4 Å². The summed E-state index contributed by atoms with van der Waals surface area (Å²) in [5, 5.41) is 8.73. The molecule has 0 aliphatic carbocycles. The summed E-state index contributed by atoms with van der Waals surface area (Å²) in [7, 11) is -3.63. The number of hydrogen-bond acceptors (Lipinski definition) is 6. The van der Waals surface area contributed by atoms with Crippen LogP contribution < -0.4 is 9.80 Å². The number of aromatic nitrogens is 2. The third-order valence-corrected chi connectivity index (χ3v) is 8.18. The number of anilines is 2. The summed E-state index contributed by atoms with van der Waals surface area (Å²) in [6, 6.07) is 8.15. The molecule has 0 N–H and O–H groups in total. The van der Waals surface area contributed by atoms with E-state index in [1.54, 1.807) is 0 Å². The average molecular weight is 484 g/mol. The van der Waals surface area contributed by atoms with Crippen LogP contribution in [-0.2, 0) is 22.0 Å². The molecular weight excluding hydrogens is 455 g/mol. The Morgan fingerprint density at radius 1 is 0.848 bits per heavy atom. The Morgan fingerprint density at radius 3 is 1.85 bits per heavy atom. The number of hydrogen-bond donors (Lipinski definition) is 0. The van der Waals surface area contributed by atoms with Gasteiger partial charge in [-0.15, -0.1) is 10.2 Å². The van der Waals surface area contributed by atoms with Crippen molar-refractivity contribution in [1.82, 2.24) is 14.5 Å². The summed E-state index contributed by atoms with van der Waals surface area (Å²) in [5.41, 5.74) is -0.460. The Kier molecular flexibility index (Phi) is 6.81. The lowest BCUT2D eigenvalue weighted by atomic mass is 9.99. The highest BCUT2D eigenvalue weighted by molar-refractivity contribution is 7.88. The van der Waals surface area contributed by atoms with Crippen LogP contribution in [0.3, 0.4) is 0 Å². The van der Waals surface area contributed by atoms with E-state index in [0.29, 0.717) is 24.5 Å². The van der Waals surface area contributed by atoms with Crippen LogP contribution in [0.2, 0.25) is 0 Å². The second-order valence-electron chi connectivity index (χ2n) is 8.76. The molecule has 2 aliphatic rings. The first-order chi connectivity index (χ1) is 15.6. The molecule has 0 amide bonds. The predicted octanol–water partition coefficient (Wildman–Crippen LogP) is 3.38. The van der Waals surface area contributed by atoms with Crippen LogP contribution in [0.4, 0.5) is 24.8 Å². The van der Waals surface area contributed by atoms with E-state index in [1.807, 2.05) is 17.0 Å². The van der Waals surface area contributed by atoms with Crippen molar-refractivity contribution in [2.75, 3.05) is 49.1 Å². The Morgan fingerprint density at radius 2 is 1.36 bits per heavy atom. The van der Waals surface area contributed by atoms with E-state index in [2.05, 4.69) is 22.0 Å². The van der Waals surface area contributed by atoms with Crippen LogP contribution in [-0.4, -0.2) is 62.2 Å². The van der Waals surface area contributed by atoms with Crippen molar-refractivity contribution in [3.05, 3.63) is 47.5 Å². The molecule has 3 heterocycles. The molecule has 180 valence electrons. The lowest BCUT2D eigenvalue weighted by molar-refractivity contribution is -0.137. The number of rotatable bonds is 5. The van der Waals surface area contributed by atoms with Crippen LogP contribution in [0.15, 0.2) is 36.4 Å². The molecule has 2 aromatic rings. The molecule has 4 rings (SSSR count). The van der Waals surface area contributed by atoms with E-state index in [4.69, 9.17) is 0 Å². The van der Waals surface area contributed by atoms with Gasteiger partial charge in [0.05, 0.1) is 11.3 Å². The number of nitrogens with zero attached hydrogens (tertiary/aromatic N) is 5. The van der Waals surface area contributed by atoms with Crippen LogP contribution >= 0.6 is 0 Å². The van der Waals surface area contributed by atoms with Gasteiger partial charge in [0.1, 0.15) is 0 Å². The molecule has 1 aromatic carbocycles. The zero-order chi connectivity index (χ0) is 23.6. The first-order valence-corrected chi connectivity index (χ1v) is 12.7. The monoisotopic (exact) mass is 483 g/mol. The number of piperazine rings is 1. The molecular formula is C22H28F3N5O2S. The summed E-state index contributed by atoms with van der Waals surface area (Å²) in [5.74, 6) is 1.99. The molecule has 0 unspecified atom stereocenters. The number of piperidine rings is 1. The zero-order valence-electron chi connectivity index (χ0n) is 18.5. The molecule has 11 heteroatoms. The molecule has 2 saturated heterocycles. The van der Waals surface area contributed by atoms with E-state index < -0.39 is 21.8 Å². The fourth-order valence-electron chi connectivity index (χ4n) is 4.18. The van der Waals surface area contributed by atoms with Crippen LogP contribution in [0.5, 0.6) is 0 Å². The summed E-state index contributed by atoms with van der Waals surface area (Å²) < 4.78 is 65.1. The Balaban J connectivity index is 1.32. The molecule has 0 bridgehead atoms. The number of halogens is 3. The van der Waals surface area contributed by atoms with Crippen LogP contribution in [0, 0.1) is 5.92 Å². The third-order valence-electron chi connectivity index (χ3n) is 6.33.